The van der Waals surface area contributed by atoms with E-state index in [0.717, 1.165) is 56.9 Å². The lowest BCUT2D eigenvalue weighted by atomic mass is 9.69. The molecule has 348 valence electrons. The fourth-order valence-electron chi connectivity index (χ4n) is 16.0. The van der Waals surface area contributed by atoms with Crippen LogP contribution < -0.4 is 9.75 Å². The molecule has 0 spiro atoms. The number of pyridine rings is 1. The van der Waals surface area contributed by atoms with Gasteiger partial charge in [-0.1, -0.05) is 118 Å². The number of nitrogens with zero attached hydrogens (tertiary/aromatic N) is 2. The quantitative estimate of drug-likeness (QED) is 0.112. The average molecular weight is 946 g/mol. The molecule has 0 amide bonds. The van der Waals surface area contributed by atoms with Crippen LogP contribution in [0.2, 0.25) is 19.6 Å². The minimum Gasteiger partial charge on any atom is -0.362 e. The maximum absolute atomic E-state index is 16.8. The number of thiophene rings is 1. The molecule has 0 N–H and O–H groups in total. The molecule has 69 heavy (non-hydrogen) atoms. The van der Waals surface area contributed by atoms with E-state index in [9.17, 15) is 4.39 Å². The number of rotatable bonds is 4. The van der Waals surface area contributed by atoms with Gasteiger partial charge in [0.15, 0.2) is 6.20 Å². The highest BCUT2D eigenvalue weighted by Gasteiger charge is 2.81. The first-order valence-corrected chi connectivity index (χ1v) is 30.5. The maximum Gasteiger partial charge on any atom is 0.213 e. The summed E-state index contributed by atoms with van der Waals surface area (Å²) in [6.45, 7) is 15.3. The molecule has 2 aromatic carbocycles. The second-order valence-corrected chi connectivity index (χ2v) is 29.7. The Kier molecular flexibility index (Phi) is 9.24. The first kappa shape index (κ1) is 42.7. The molecule has 2 nitrogen and oxygen atoms in total. The second-order valence-electron chi connectivity index (χ2n) is 23.5. The molecule has 0 radical (unpaired) electrons. The summed E-state index contributed by atoms with van der Waals surface area (Å²) in [5, 5.41) is 1.51. The van der Waals surface area contributed by atoms with Crippen molar-refractivity contribution in [3.05, 3.63) is 204 Å². The lowest BCUT2D eigenvalue weighted by Crippen LogP contribution is -2.56. The Morgan fingerprint density at radius 2 is 1.65 bits per heavy atom. The van der Waals surface area contributed by atoms with Crippen LogP contribution in [0.5, 0.6) is 0 Å². The van der Waals surface area contributed by atoms with Crippen molar-refractivity contribution in [2.75, 3.05) is 0 Å². The largest absolute Gasteiger partial charge is 0.362 e. The van der Waals surface area contributed by atoms with Crippen molar-refractivity contribution >= 4 is 30.7 Å². The van der Waals surface area contributed by atoms with Crippen LogP contribution in [0.15, 0.2) is 167 Å². The Bertz CT molecular complexity index is 3230. The van der Waals surface area contributed by atoms with E-state index < -0.39 is 8.07 Å². The summed E-state index contributed by atoms with van der Waals surface area (Å²) in [6, 6.07) is 21.7. The summed E-state index contributed by atoms with van der Waals surface area (Å²) in [5.74, 6) is 1.31. The Labute approximate surface area is 412 Å². The Morgan fingerprint density at radius 1 is 0.841 bits per heavy atom. The highest BCUT2D eigenvalue weighted by Crippen LogP contribution is 2.75. The van der Waals surface area contributed by atoms with Gasteiger partial charge >= 0.3 is 0 Å². The number of benzene rings is 2. The van der Waals surface area contributed by atoms with Gasteiger partial charge in [-0.2, -0.15) is 4.57 Å². The van der Waals surface area contributed by atoms with E-state index in [-0.39, 0.29) is 58.4 Å². The van der Waals surface area contributed by atoms with Crippen LogP contribution in [0.25, 0.3) is 17.3 Å². The SMILES string of the molecule is CC1Cc2c(sc3c2C=CC(c2ccc(F)cc2)C3)C2C1/C(=C1/C3(C)c4ccccc4-c4ccc([Si](C)(C)C)c[n+]4C13C)C1C3=C(CCC=C3)N(C3C(C4=CC=CCC4)=CC(F)=C4CCC=CC43)C12. The van der Waals surface area contributed by atoms with Crippen molar-refractivity contribution in [1.29, 1.82) is 0 Å². The van der Waals surface area contributed by atoms with Gasteiger partial charge < -0.3 is 4.90 Å². The van der Waals surface area contributed by atoms with Crippen LogP contribution >= 0.6 is 11.3 Å². The zero-order valence-corrected chi connectivity index (χ0v) is 42.8. The molecule has 2 aromatic heterocycles. The van der Waals surface area contributed by atoms with E-state index in [1.165, 1.54) is 60.4 Å². The van der Waals surface area contributed by atoms with Crippen LogP contribution in [-0.4, -0.2) is 25.1 Å². The summed E-state index contributed by atoms with van der Waals surface area (Å²) < 4.78 is 33.8. The van der Waals surface area contributed by atoms with Crippen molar-refractivity contribution in [2.45, 2.75) is 127 Å². The van der Waals surface area contributed by atoms with Gasteiger partial charge in [-0.25, -0.2) is 8.78 Å². The van der Waals surface area contributed by atoms with E-state index in [2.05, 4.69) is 158 Å². The predicted octanol–water partition coefficient (Wildman–Crippen LogP) is 14.3. The van der Waals surface area contributed by atoms with Gasteiger partial charge in [0.1, 0.15) is 11.6 Å². The summed E-state index contributed by atoms with van der Waals surface area (Å²) in [5.41, 5.74) is 17.9. The van der Waals surface area contributed by atoms with Crippen molar-refractivity contribution in [2.24, 2.45) is 23.7 Å². The van der Waals surface area contributed by atoms with E-state index in [1.54, 1.807) is 33.7 Å². The second kappa shape index (κ2) is 14.9. The summed E-state index contributed by atoms with van der Waals surface area (Å²) in [7, 11) is -1.66. The van der Waals surface area contributed by atoms with Crippen LogP contribution in [0.1, 0.15) is 103 Å². The van der Waals surface area contributed by atoms with Gasteiger partial charge in [-0.3, -0.25) is 0 Å². The third kappa shape index (κ3) is 5.76. The highest BCUT2D eigenvalue weighted by atomic mass is 32.1. The summed E-state index contributed by atoms with van der Waals surface area (Å²) >= 11 is 2.11. The lowest BCUT2D eigenvalue weighted by molar-refractivity contribution is -0.726. The molecule has 10 atom stereocenters. The molecule has 4 aromatic rings. The standard InChI is InChI=1S/C63H63F2N2SSi/c1-36-32-48-43-30-26-39(37-24-27-40(64)28-25-37)33-53(43)68-60(48)57-54(36)56(61-62(2)49-22-14-12-20-45(49)51-31-29-41(69(4,5)6)35-66(51)63(61,62)3)55-46-21-13-15-23-52(46)67(59(55)57)58-44-19-11-10-18-42(44)50(65)34-47(58)38-16-8-7-9-17-38/h7-8,11-14,16,19-22,24-31,34-36,39,44,54-55,57-59H,9-10,15,17-18,23,32-33H2,1-6H3/q+1/b61-56+. The third-order valence-electron chi connectivity index (χ3n) is 19.2. The molecule has 8 aliphatic carbocycles. The van der Waals surface area contributed by atoms with E-state index in [0.29, 0.717) is 11.8 Å². The van der Waals surface area contributed by atoms with Gasteiger partial charge in [0.25, 0.3) is 0 Å². The number of allylic oxidation sites excluding steroid dienone is 11. The fraction of sp³-hybridized carbons (Fsp3) is 0.381. The normalized spacial score (nSPS) is 34.2. The molecule has 0 bridgehead atoms. The van der Waals surface area contributed by atoms with Gasteiger partial charge in [-0.05, 0) is 145 Å². The fourth-order valence-corrected chi connectivity index (χ4v) is 18.6. The van der Waals surface area contributed by atoms with Gasteiger partial charge in [0, 0.05) is 68.9 Å². The zero-order chi connectivity index (χ0) is 46.9. The minimum atomic E-state index is -1.66. The minimum absolute atomic E-state index is 0.00333. The van der Waals surface area contributed by atoms with Gasteiger partial charge in [0.2, 0.25) is 11.2 Å². The number of hydrogen-bond donors (Lipinski definition) is 0. The molecule has 4 heterocycles. The van der Waals surface area contributed by atoms with Gasteiger partial charge in [0.05, 0.1) is 25.1 Å². The summed E-state index contributed by atoms with van der Waals surface area (Å²) in [4.78, 5) is 6.09. The Morgan fingerprint density at radius 3 is 2.46 bits per heavy atom. The first-order chi connectivity index (χ1) is 33.4. The predicted molar refractivity (Wildman–Crippen MR) is 281 cm³/mol. The molecule has 10 aliphatic rings. The molecule has 0 saturated heterocycles. The van der Waals surface area contributed by atoms with E-state index in [4.69, 9.17) is 0 Å². The average Bonchev–Trinajstić information content (AvgIpc) is 3.70. The maximum atomic E-state index is 16.8. The van der Waals surface area contributed by atoms with Crippen molar-refractivity contribution in [3.63, 3.8) is 0 Å². The van der Waals surface area contributed by atoms with Gasteiger partial charge in [-0.15, -0.1) is 11.3 Å². The number of aromatic nitrogens is 1. The molecular formula is C63H63F2N2SSi+. The van der Waals surface area contributed by atoms with Crippen molar-refractivity contribution < 1.29 is 13.3 Å². The Balaban J connectivity index is 1.03. The molecule has 10 unspecified atom stereocenters. The first-order valence-electron chi connectivity index (χ1n) is 26.2. The lowest BCUT2D eigenvalue weighted by Gasteiger charge is -2.48. The molecule has 2 saturated carbocycles. The topological polar surface area (TPSA) is 7.12 Å². The Hall–Kier alpha value is -5.17. The molecule has 6 heteroatoms. The monoisotopic (exact) mass is 945 g/mol. The summed E-state index contributed by atoms with van der Waals surface area (Å²) in [6.07, 6.45) is 33.7. The van der Waals surface area contributed by atoms with Crippen LogP contribution in [0.3, 0.4) is 0 Å². The smallest absolute Gasteiger partial charge is 0.213 e. The molecule has 14 rings (SSSR count). The number of fused-ring (bicyclic) bond motifs is 15. The number of hydrogen-bond acceptors (Lipinski definition) is 2. The molecule has 2 fully saturated rings. The molecular weight excluding hydrogens is 883 g/mol. The molecule has 2 aliphatic heterocycles. The zero-order valence-electron chi connectivity index (χ0n) is 41.0. The van der Waals surface area contributed by atoms with Crippen molar-refractivity contribution in [1.82, 2.24) is 4.90 Å². The van der Waals surface area contributed by atoms with Crippen molar-refractivity contribution in [3.8, 4) is 11.3 Å². The van der Waals surface area contributed by atoms with Crippen LogP contribution in [0.4, 0.5) is 8.78 Å². The highest BCUT2D eigenvalue weighted by molar-refractivity contribution is 7.12. The van der Waals surface area contributed by atoms with E-state index in [1.807, 2.05) is 18.2 Å². The van der Waals surface area contributed by atoms with E-state index >= 15 is 4.39 Å². The van der Waals surface area contributed by atoms with Crippen LogP contribution in [-0.2, 0) is 23.8 Å². The third-order valence-corrected chi connectivity index (χ3v) is 22.6. The number of halogens is 2. The van der Waals surface area contributed by atoms with Crippen LogP contribution in [0, 0.1) is 29.5 Å².